The van der Waals surface area contributed by atoms with Crippen LogP contribution in [0.5, 0.6) is 5.75 Å². The lowest BCUT2D eigenvalue weighted by molar-refractivity contribution is 0.0980. The summed E-state index contributed by atoms with van der Waals surface area (Å²) in [4.78, 5) is 12.1. The van der Waals surface area contributed by atoms with Crippen molar-refractivity contribution in [1.29, 1.82) is 0 Å². The Bertz CT molecular complexity index is 763. The number of carbonyl (C=O) groups is 1. The van der Waals surface area contributed by atoms with Gasteiger partial charge in [-0.05, 0) is 59.1 Å². The van der Waals surface area contributed by atoms with E-state index in [4.69, 9.17) is 0 Å². The van der Waals surface area contributed by atoms with Gasteiger partial charge >= 0.3 is 0 Å². The second kappa shape index (κ2) is 5.75. The van der Waals surface area contributed by atoms with E-state index in [2.05, 4.69) is 14.9 Å². The molecular weight excluding hydrogens is 268 g/mol. The van der Waals surface area contributed by atoms with Crippen LogP contribution < -0.4 is 0 Å². The molecule has 21 heavy (non-hydrogen) atoms. The van der Waals surface area contributed by atoms with Crippen LogP contribution >= 0.6 is 0 Å². The van der Waals surface area contributed by atoms with E-state index in [-0.39, 0.29) is 11.5 Å². The van der Waals surface area contributed by atoms with Crippen molar-refractivity contribution < 1.29 is 14.5 Å². The zero-order valence-corrected chi connectivity index (χ0v) is 11.3. The van der Waals surface area contributed by atoms with Gasteiger partial charge in [-0.3, -0.25) is 4.79 Å². The topological polar surface area (TPSA) is 76.2 Å². The van der Waals surface area contributed by atoms with Crippen molar-refractivity contribution >= 4 is 16.8 Å². The van der Waals surface area contributed by atoms with E-state index in [0.717, 1.165) is 18.4 Å². The number of rotatable bonds is 5. The van der Waals surface area contributed by atoms with Crippen LogP contribution in [0.15, 0.2) is 47.1 Å². The number of ketones is 1. The molecule has 5 heteroatoms. The number of carbonyl (C=O) groups excluding carboxylic acids is 1. The first-order chi connectivity index (χ1) is 10.2. The minimum Gasteiger partial charge on any atom is -0.508 e. The summed E-state index contributed by atoms with van der Waals surface area (Å²) in [6.45, 7) is 0. The first-order valence-electron chi connectivity index (χ1n) is 6.76. The zero-order valence-electron chi connectivity index (χ0n) is 11.3. The average molecular weight is 282 g/mol. The molecule has 0 aliphatic rings. The van der Waals surface area contributed by atoms with E-state index in [0.29, 0.717) is 23.0 Å². The van der Waals surface area contributed by atoms with Crippen LogP contribution in [0.3, 0.4) is 0 Å². The average Bonchev–Trinajstić information content (AvgIpc) is 2.96. The molecule has 106 valence electrons. The molecule has 0 aliphatic heterocycles. The molecule has 0 unspecified atom stereocenters. The molecule has 0 fully saturated rings. The molecule has 0 saturated carbocycles. The number of hydrogen-bond donors (Lipinski definition) is 1. The number of nitrogens with zero attached hydrogens (tertiary/aromatic N) is 2. The Morgan fingerprint density at radius 1 is 1.05 bits per heavy atom. The number of Topliss-reactive ketones (excluding diaryl/α,β-unsaturated/α-hetero) is 1. The van der Waals surface area contributed by atoms with Crippen molar-refractivity contribution in [3.8, 4) is 5.75 Å². The number of hydrogen-bond acceptors (Lipinski definition) is 5. The molecule has 0 amide bonds. The molecule has 2 aromatic carbocycles. The fourth-order valence-electron chi connectivity index (χ4n) is 2.22. The number of phenols is 1. The number of benzene rings is 2. The highest BCUT2D eigenvalue weighted by Crippen LogP contribution is 2.16. The number of aromatic nitrogens is 2. The van der Waals surface area contributed by atoms with E-state index in [1.165, 1.54) is 0 Å². The highest BCUT2D eigenvalue weighted by atomic mass is 16.6. The maximum absolute atomic E-state index is 12.1. The Labute approximate surface area is 121 Å². The van der Waals surface area contributed by atoms with E-state index in [1.807, 2.05) is 12.1 Å². The number of aryl methyl sites for hydroxylation is 1. The predicted molar refractivity (Wildman–Crippen MR) is 77.2 cm³/mol. The smallest absolute Gasteiger partial charge is 0.162 e. The van der Waals surface area contributed by atoms with Gasteiger partial charge in [-0.25, -0.2) is 4.63 Å². The molecule has 3 rings (SSSR count). The summed E-state index contributed by atoms with van der Waals surface area (Å²) in [5, 5.41) is 16.7. The van der Waals surface area contributed by atoms with Crippen LogP contribution in [0.4, 0.5) is 0 Å². The molecule has 0 saturated heterocycles. The van der Waals surface area contributed by atoms with Crippen LogP contribution in [0.2, 0.25) is 0 Å². The van der Waals surface area contributed by atoms with Crippen molar-refractivity contribution in [1.82, 2.24) is 10.3 Å². The van der Waals surface area contributed by atoms with Crippen molar-refractivity contribution in [3.05, 3.63) is 53.6 Å². The first-order valence-corrected chi connectivity index (χ1v) is 6.76. The molecule has 0 bridgehead atoms. The van der Waals surface area contributed by atoms with Crippen molar-refractivity contribution in [2.75, 3.05) is 0 Å². The fourth-order valence-corrected chi connectivity index (χ4v) is 2.22. The van der Waals surface area contributed by atoms with Gasteiger partial charge in [0, 0.05) is 12.0 Å². The van der Waals surface area contributed by atoms with Gasteiger partial charge in [0.15, 0.2) is 5.78 Å². The summed E-state index contributed by atoms with van der Waals surface area (Å²) in [5.41, 5.74) is 2.98. The van der Waals surface area contributed by atoms with Gasteiger partial charge in [0.05, 0.1) is 0 Å². The minimum atomic E-state index is 0.0821. The normalized spacial score (nSPS) is 10.9. The van der Waals surface area contributed by atoms with Gasteiger partial charge in [0.2, 0.25) is 0 Å². The number of phenolic OH excluding ortho intramolecular Hbond substituents is 1. The maximum Gasteiger partial charge on any atom is 0.162 e. The van der Waals surface area contributed by atoms with Crippen LogP contribution in [-0.4, -0.2) is 21.2 Å². The van der Waals surface area contributed by atoms with Gasteiger partial charge in [-0.2, -0.15) is 0 Å². The predicted octanol–water partition coefficient (Wildman–Crippen LogP) is 3.13. The molecule has 0 atom stereocenters. The summed E-state index contributed by atoms with van der Waals surface area (Å²) in [5.74, 6) is 0.336. The van der Waals surface area contributed by atoms with Crippen molar-refractivity contribution in [2.45, 2.75) is 19.3 Å². The molecule has 1 aromatic heterocycles. The van der Waals surface area contributed by atoms with E-state index in [9.17, 15) is 9.90 Å². The summed E-state index contributed by atoms with van der Waals surface area (Å²) >= 11 is 0. The third-order valence-corrected chi connectivity index (χ3v) is 3.38. The van der Waals surface area contributed by atoms with E-state index >= 15 is 0 Å². The zero-order chi connectivity index (χ0) is 14.7. The molecular formula is C16H14N2O3. The second-order valence-corrected chi connectivity index (χ2v) is 4.91. The van der Waals surface area contributed by atoms with Gasteiger partial charge < -0.3 is 5.11 Å². The molecule has 0 radical (unpaired) electrons. The molecule has 1 N–H and O–H groups in total. The minimum absolute atomic E-state index is 0.0821. The van der Waals surface area contributed by atoms with Gasteiger partial charge in [0.25, 0.3) is 0 Å². The van der Waals surface area contributed by atoms with Crippen molar-refractivity contribution in [2.24, 2.45) is 0 Å². The molecule has 1 heterocycles. The molecule has 5 nitrogen and oxygen atoms in total. The SMILES string of the molecule is O=C(CCCc1ccc(O)cc1)c1ccc2nonc2c1. The summed E-state index contributed by atoms with van der Waals surface area (Å²) < 4.78 is 4.62. The largest absolute Gasteiger partial charge is 0.508 e. The highest BCUT2D eigenvalue weighted by molar-refractivity contribution is 5.98. The molecule has 0 spiro atoms. The highest BCUT2D eigenvalue weighted by Gasteiger charge is 2.09. The monoisotopic (exact) mass is 282 g/mol. The lowest BCUT2D eigenvalue weighted by Gasteiger charge is -2.02. The van der Waals surface area contributed by atoms with Gasteiger partial charge in [0.1, 0.15) is 16.8 Å². The molecule has 0 aliphatic carbocycles. The Morgan fingerprint density at radius 2 is 1.81 bits per heavy atom. The van der Waals surface area contributed by atoms with Crippen molar-refractivity contribution in [3.63, 3.8) is 0 Å². The van der Waals surface area contributed by atoms with E-state index in [1.54, 1.807) is 30.3 Å². The van der Waals surface area contributed by atoms with E-state index < -0.39 is 0 Å². The summed E-state index contributed by atoms with van der Waals surface area (Å²) in [6, 6.07) is 12.2. The van der Waals surface area contributed by atoms with Gasteiger partial charge in [-0.1, -0.05) is 12.1 Å². The van der Waals surface area contributed by atoms with Crippen LogP contribution in [0.25, 0.3) is 11.0 Å². The summed E-state index contributed by atoms with van der Waals surface area (Å²) in [6.07, 6.45) is 2.04. The summed E-state index contributed by atoms with van der Waals surface area (Å²) in [7, 11) is 0. The molecule has 3 aromatic rings. The Hall–Kier alpha value is -2.69. The van der Waals surface area contributed by atoms with Gasteiger partial charge in [-0.15, -0.1) is 0 Å². The lowest BCUT2D eigenvalue weighted by Crippen LogP contribution is -2.00. The number of fused-ring (bicyclic) bond motifs is 1. The first kappa shape index (κ1) is 13.3. The third-order valence-electron chi connectivity index (χ3n) is 3.38. The van der Waals surface area contributed by atoms with Crippen LogP contribution in [0, 0.1) is 0 Å². The van der Waals surface area contributed by atoms with Crippen LogP contribution in [0.1, 0.15) is 28.8 Å². The third kappa shape index (κ3) is 3.08. The Kier molecular flexibility index (Phi) is 3.64. The maximum atomic E-state index is 12.1. The number of aromatic hydroxyl groups is 1. The second-order valence-electron chi connectivity index (χ2n) is 4.91. The quantitative estimate of drug-likeness (QED) is 0.727. The standard InChI is InChI=1S/C16H14N2O3/c19-13-7-4-11(5-8-13)2-1-3-16(20)12-6-9-14-15(10-12)18-21-17-14/h4-10,19H,1-3H2. The lowest BCUT2D eigenvalue weighted by atomic mass is 10.0. The van der Waals surface area contributed by atoms with Crippen LogP contribution in [-0.2, 0) is 6.42 Å². The Morgan fingerprint density at radius 3 is 2.62 bits per heavy atom. The fraction of sp³-hybridized carbons (Fsp3) is 0.188. The Balaban J connectivity index is 1.59.